The van der Waals surface area contributed by atoms with E-state index in [2.05, 4.69) is 16.5 Å². The number of hydrogen-bond acceptors (Lipinski definition) is 4. The number of rotatable bonds is 6. The molecule has 0 radical (unpaired) electrons. The fraction of sp³-hybridized carbons (Fsp3) is 0.269. The van der Waals surface area contributed by atoms with Crippen LogP contribution in [-0.2, 0) is 0 Å². The van der Waals surface area contributed by atoms with Gasteiger partial charge in [-0.25, -0.2) is 9.37 Å². The number of pyridine rings is 1. The molecule has 33 heavy (non-hydrogen) atoms. The minimum absolute atomic E-state index is 0. The van der Waals surface area contributed by atoms with Gasteiger partial charge in [-0.2, -0.15) is 0 Å². The van der Waals surface area contributed by atoms with Gasteiger partial charge in [0.15, 0.2) is 5.16 Å². The van der Waals surface area contributed by atoms with Gasteiger partial charge >= 0.3 is 0 Å². The maximum absolute atomic E-state index is 14.3. The number of halogens is 2. The molecule has 1 aromatic carbocycles. The molecule has 0 aliphatic heterocycles. The molecule has 0 saturated carbocycles. The van der Waals surface area contributed by atoms with Crippen molar-refractivity contribution in [2.45, 2.75) is 47.2 Å². The Hall–Kier alpha value is -2.70. The average Bonchev–Trinajstić information content (AvgIpc) is 2.82. The first-order valence-corrected chi connectivity index (χ1v) is 11.8. The van der Waals surface area contributed by atoms with Crippen LogP contribution in [0.1, 0.15) is 42.0 Å². The first kappa shape index (κ1) is 30.3. The standard InChI is InChI=1S/C21H17ClFN3OS.2C2H6.CH4/c1-3-7-18(23)17(14(2)22)13-28-21-25-19-10-5-4-9-16(19)20(27)26(21)15-8-6-11-24-12-15;2*1-2;/h3-12H,2,13H2,1H3;2*1-2H3;1H4/b7-3-,18-17+;;;. The highest BCUT2D eigenvalue weighted by Crippen LogP contribution is 2.28. The van der Waals surface area contributed by atoms with Gasteiger partial charge in [-0.05, 0) is 37.3 Å². The van der Waals surface area contributed by atoms with Crippen molar-refractivity contribution in [2.24, 2.45) is 0 Å². The van der Waals surface area contributed by atoms with Gasteiger partial charge in [0.25, 0.3) is 5.56 Å². The number of fused-ring (bicyclic) bond motifs is 1. The number of nitrogens with zero attached hydrogens (tertiary/aromatic N) is 3. The lowest BCUT2D eigenvalue weighted by Crippen LogP contribution is -2.22. The lowest BCUT2D eigenvalue weighted by Gasteiger charge is -2.13. The second-order valence-corrected chi connectivity index (χ2v) is 7.18. The summed E-state index contributed by atoms with van der Waals surface area (Å²) in [5, 5.41) is 1.02. The zero-order valence-electron chi connectivity index (χ0n) is 19.1. The van der Waals surface area contributed by atoms with Gasteiger partial charge < -0.3 is 0 Å². The molecule has 0 bridgehead atoms. The van der Waals surface area contributed by atoms with E-state index in [0.717, 1.165) is 0 Å². The predicted molar refractivity (Wildman–Crippen MR) is 143 cm³/mol. The smallest absolute Gasteiger partial charge is 0.266 e. The number of para-hydroxylation sites is 1. The Morgan fingerprint density at radius 1 is 1.18 bits per heavy atom. The van der Waals surface area contributed by atoms with Gasteiger partial charge in [-0.1, -0.05) is 83.3 Å². The summed E-state index contributed by atoms with van der Waals surface area (Å²) in [5.41, 5.74) is 1.19. The van der Waals surface area contributed by atoms with Crippen LogP contribution in [0.3, 0.4) is 0 Å². The highest BCUT2D eigenvalue weighted by atomic mass is 35.5. The Labute approximate surface area is 205 Å². The van der Waals surface area contributed by atoms with E-state index in [0.29, 0.717) is 21.7 Å². The van der Waals surface area contributed by atoms with Gasteiger partial charge in [-0.15, -0.1) is 0 Å². The summed E-state index contributed by atoms with van der Waals surface area (Å²) >= 11 is 7.19. The zero-order chi connectivity index (χ0) is 24.1. The first-order valence-electron chi connectivity index (χ1n) is 10.4. The predicted octanol–water partition coefficient (Wildman–Crippen LogP) is 8.11. The lowest BCUT2D eigenvalue weighted by molar-refractivity contribution is 0.658. The van der Waals surface area contributed by atoms with Crippen LogP contribution in [-0.4, -0.2) is 20.3 Å². The molecule has 0 aliphatic rings. The summed E-state index contributed by atoms with van der Waals surface area (Å²) in [6, 6.07) is 10.6. The van der Waals surface area contributed by atoms with E-state index >= 15 is 0 Å². The van der Waals surface area contributed by atoms with Crippen LogP contribution >= 0.6 is 23.4 Å². The molecule has 2 aromatic heterocycles. The molecule has 0 N–H and O–H groups in total. The molecular weight excluding hydrogens is 457 g/mol. The molecule has 0 saturated heterocycles. The fourth-order valence-corrected chi connectivity index (χ4v) is 3.89. The number of hydrogen-bond donors (Lipinski definition) is 0. The normalized spacial score (nSPS) is 10.9. The van der Waals surface area contributed by atoms with E-state index in [-0.39, 0.29) is 29.3 Å². The van der Waals surface area contributed by atoms with Gasteiger partial charge in [0.05, 0.1) is 22.8 Å². The van der Waals surface area contributed by atoms with Crippen LogP contribution in [0, 0.1) is 0 Å². The number of thioether (sulfide) groups is 1. The maximum atomic E-state index is 14.3. The van der Waals surface area contributed by atoms with E-state index in [1.54, 1.807) is 55.7 Å². The summed E-state index contributed by atoms with van der Waals surface area (Å²) < 4.78 is 15.8. The topological polar surface area (TPSA) is 47.8 Å². The minimum Gasteiger partial charge on any atom is -0.268 e. The third-order valence-electron chi connectivity index (χ3n) is 3.92. The highest BCUT2D eigenvalue weighted by Gasteiger charge is 2.15. The van der Waals surface area contributed by atoms with Crippen molar-refractivity contribution >= 4 is 34.3 Å². The van der Waals surface area contributed by atoms with Crippen LogP contribution in [0.15, 0.2) is 93.9 Å². The largest absolute Gasteiger partial charge is 0.268 e. The van der Waals surface area contributed by atoms with Crippen molar-refractivity contribution in [3.8, 4) is 5.69 Å². The molecule has 0 amide bonds. The van der Waals surface area contributed by atoms with Crippen molar-refractivity contribution in [1.29, 1.82) is 0 Å². The first-order chi connectivity index (χ1) is 15.5. The van der Waals surface area contributed by atoms with E-state index in [1.165, 1.54) is 22.4 Å². The monoisotopic (exact) mass is 489 g/mol. The molecular formula is C26H33ClFN3OS. The number of allylic oxidation sites excluding steroid dienone is 4. The third-order valence-corrected chi connectivity index (χ3v) is 5.12. The molecule has 178 valence electrons. The Morgan fingerprint density at radius 3 is 2.42 bits per heavy atom. The summed E-state index contributed by atoms with van der Waals surface area (Å²) in [7, 11) is 0. The summed E-state index contributed by atoms with van der Waals surface area (Å²) in [6.45, 7) is 13.4. The SMILES string of the molecule is C.C=C(Cl)/C(CSc1nc2ccccc2c(=O)n1-c1cccnc1)=C(F)\C=C/C.CC.CC. The molecule has 0 aliphatic carbocycles. The van der Waals surface area contributed by atoms with Gasteiger partial charge in [-0.3, -0.25) is 14.3 Å². The van der Waals surface area contributed by atoms with Crippen LogP contribution < -0.4 is 5.56 Å². The summed E-state index contributed by atoms with van der Waals surface area (Å²) in [4.78, 5) is 21.8. The molecule has 0 fully saturated rings. The average molecular weight is 490 g/mol. The fourth-order valence-electron chi connectivity index (χ4n) is 2.58. The molecule has 3 aromatic rings. The Kier molecular flexibility index (Phi) is 14.7. The molecule has 0 unspecified atom stereocenters. The molecule has 4 nitrogen and oxygen atoms in total. The molecule has 2 heterocycles. The second-order valence-electron chi connectivity index (χ2n) is 5.78. The minimum atomic E-state index is -0.467. The van der Waals surface area contributed by atoms with E-state index in [9.17, 15) is 9.18 Å². The van der Waals surface area contributed by atoms with Crippen LogP contribution in [0.2, 0.25) is 0 Å². The maximum Gasteiger partial charge on any atom is 0.266 e. The second kappa shape index (κ2) is 16.0. The van der Waals surface area contributed by atoms with Crippen molar-refractivity contribution in [2.75, 3.05) is 5.75 Å². The molecule has 0 spiro atoms. The molecule has 7 heteroatoms. The molecule has 0 atom stereocenters. The van der Waals surface area contributed by atoms with E-state index in [4.69, 9.17) is 11.6 Å². The zero-order valence-corrected chi connectivity index (χ0v) is 20.7. The van der Waals surface area contributed by atoms with Gasteiger partial charge in [0, 0.05) is 22.6 Å². The van der Waals surface area contributed by atoms with Gasteiger partial charge in [0.1, 0.15) is 5.83 Å². The number of benzene rings is 1. The van der Waals surface area contributed by atoms with Crippen molar-refractivity contribution < 1.29 is 4.39 Å². The van der Waals surface area contributed by atoms with Gasteiger partial charge in [0.2, 0.25) is 0 Å². The molecule has 3 rings (SSSR count). The van der Waals surface area contributed by atoms with Crippen LogP contribution in [0.4, 0.5) is 4.39 Å². The lowest BCUT2D eigenvalue weighted by atomic mass is 10.2. The van der Waals surface area contributed by atoms with E-state index in [1.807, 2.05) is 33.8 Å². The van der Waals surface area contributed by atoms with Crippen molar-refractivity contribution in [3.63, 3.8) is 0 Å². The van der Waals surface area contributed by atoms with Crippen LogP contribution in [0.25, 0.3) is 16.6 Å². The van der Waals surface area contributed by atoms with Crippen molar-refractivity contribution in [3.05, 3.63) is 94.3 Å². The van der Waals surface area contributed by atoms with E-state index < -0.39 is 5.83 Å². The summed E-state index contributed by atoms with van der Waals surface area (Å²) in [6.07, 6.45) is 6.12. The highest BCUT2D eigenvalue weighted by molar-refractivity contribution is 7.99. The Morgan fingerprint density at radius 2 is 1.85 bits per heavy atom. The van der Waals surface area contributed by atoms with Crippen LogP contribution in [0.5, 0.6) is 0 Å². The third kappa shape index (κ3) is 7.98. The number of aromatic nitrogens is 3. The quantitative estimate of drug-likeness (QED) is 0.199. The Bertz CT molecular complexity index is 1140. The Balaban J connectivity index is 0.00000194. The van der Waals surface area contributed by atoms with Crippen molar-refractivity contribution in [1.82, 2.24) is 14.5 Å². The summed E-state index contributed by atoms with van der Waals surface area (Å²) in [5.74, 6) is -0.296.